The van der Waals surface area contributed by atoms with E-state index in [2.05, 4.69) is 5.32 Å². The van der Waals surface area contributed by atoms with Gasteiger partial charge in [-0.05, 0) is 32.8 Å². The summed E-state index contributed by atoms with van der Waals surface area (Å²) in [5, 5.41) is 11.9. The van der Waals surface area contributed by atoms with Crippen molar-refractivity contribution in [2.24, 2.45) is 0 Å². The second-order valence-corrected chi connectivity index (χ2v) is 4.27. The molecular weight excluding hydrogens is 206 g/mol. The summed E-state index contributed by atoms with van der Waals surface area (Å²) in [6.07, 6.45) is 2.80. The fourth-order valence-electron chi connectivity index (χ4n) is 1.51. The first-order valence-electron chi connectivity index (χ1n) is 5.50. The van der Waals surface area contributed by atoms with E-state index in [-0.39, 0.29) is 18.1 Å². The highest BCUT2D eigenvalue weighted by atomic mass is 16.3. The van der Waals surface area contributed by atoms with Gasteiger partial charge >= 0.3 is 0 Å². The third kappa shape index (κ3) is 2.85. The fraction of sp³-hybridized carbons (Fsp3) is 0.583. The summed E-state index contributed by atoms with van der Waals surface area (Å²) in [5.41, 5.74) is 0.436. The molecule has 0 aliphatic heterocycles. The quantitative estimate of drug-likeness (QED) is 0.804. The zero-order chi connectivity index (χ0) is 12.2. The Bertz CT molecular complexity index is 359. The van der Waals surface area contributed by atoms with Gasteiger partial charge in [-0.1, -0.05) is 6.92 Å². The predicted molar refractivity (Wildman–Crippen MR) is 61.3 cm³/mol. The third-order valence-electron chi connectivity index (χ3n) is 2.93. The SMILES string of the molecule is CCC(C)(CCO)NC(=O)c1occc1C. The van der Waals surface area contributed by atoms with Crippen LogP contribution in [0.15, 0.2) is 16.7 Å². The van der Waals surface area contributed by atoms with E-state index < -0.39 is 0 Å². The first kappa shape index (κ1) is 12.8. The summed E-state index contributed by atoms with van der Waals surface area (Å²) in [6, 6.07) is 1.75. The minimum atomic E-state index is -0.384. The number of rotatable bonds is 5. The van der Waals surface area contributed by atoms with Gasteiger partial charge in [0.25, 0.3) is 5.91 Å². The summed E-state index contributed by atoms with van der Waals surface area (Å²) in [6.45, 7) is 5.78. The van der Waals surface area contributed by atoms with Crippen LogP contribution in [0.2, 0.25) is 0 Å². The number of carbonyl (C=O) groups is 1. The minimum Gasteiger partial charge on any atom is -0.459 e. The molecule has 1 aromatic rings. The van der Waals surface area contributed by atoms with Gasteiger partial charge in [-0.3, -0.25) is 4.79 Å². The fourth-order valence-corrected chi connectivity index (χ4v) is 1.51. The van der Waals surface area contributed by atoms with Crippen molar-refractivity contribution >= 4 is 5.91 Å². The molecule has 4 nitrogen and oxygen atoms in total. The van der Waals surface area contributed by atoms with Gasteiger partial charge in [-0.2, -0.15) is 0 Å². The van der Waals surface area contributed by atoms with Crippen molar-refractivity contribution in [3.63, 3.8) is 0 Å². The molecular formula is C12H19NO3. The summed E-state index contributed by atoms with van der Waals surface area (Å²) in [5.74, 6) is 0.123. The molecule has 4 heteroatoms. The van der Waals surface area contributed by atoms with Gasteiger partial charge in [0, 0.05) is 17.7 Å². The molecule has 0 aromatic carbocycles. The van der Waals surface area contributed by atoms with Gasteiger partial charge in [-0.15, -0.1) is 0 Å². The Balaban J connectivity index is 2.73. The van der Waals surface area contributed by atoms with Crippen molar-refractivity contribution in [1.29, 1.82) is 0 Å². The third-order valence-corrected chi connectivity index (χ3v) is 2.93. The Hall–Kier alpha value is -1.29. The van der Waals surface area contributed by atoms with Crippen molar-refractivity contribution < 1.29 is 14.3 Å². The molecule has 0 spiro atoms. The van der Waals surface area contributed by atoms with Crippen LogP contribution in [-0.4, -0.2) is 23.2 Å². The molecule has 0 radical (unpaired) electrons. The van der Waals surface area contributed by atoms with E-state index >= 15 is 0 Å². The second kappa shape index (κ2) is 5.16. The van der Waals surface area contributed by atoms with Crippen LogP contribution in [0.1, 0.15) is 42.8 Å². The second-order valence-electron chi connectivity index (χ2n) is 4.27. The van der Waals surface area contributed by atoms with Crippen molar-refractivity contribution in [1.82, 2.24) is 5.32 Å². The van der Waals surface area contributed by atoms with Crippen LogP contribution in [0.5, 0.6) is 0 Å². The highest BCUT2D eigenvalue weighted by Crippen LogP contribution is 2.16. The van der Waals surface area contributed by atoms with Crippen molar-refractivity contribution in [2.45, 2.75) is 39.2 Å². The molecule has 2 N–H and O–H groups in total. The summed E-state index contributed by atoms with van der Waals surface area (Å²) in [7, 11) is 0. The Morgan fingerprint density at radius 2 is 2.31 bits per heavy atom. The van der Waals surface area contributed by atoms with E-state index in [0.717, 1.165) is 12.0 Å². The Morgan fingerprint density at radius 1 is 1.62 bits per heavy atom. The maximum atomic E-state index is 11.9. The predicted octanol–water partition coefficient (Wildman–Crippen LogP) is 1.87. The van der Waals surface area contributed by atoms with E-state index in [0.29, 0.717) is 12.2 Å². The van der Waals surface area contributed by atoms with Gasteiger partial charge < -0.3 is 14.8 Å². The van der Waals surface area contributed by atoms with E-state index in [9.17, 15) is 4.79 Å². The molecule has 90 valence electrons. The largest absolute Gasteiger partial charge is 0.459 e. The van der Waals surface area contributed by atoms with Crippen LogP contribution in [0, 0.1) is 6.92 Å². The molecule has 1 atom stereocenters. The van der Waals surface area contributed by atoms with Gasteiger partial charge in [-0.25, -0.2) is 0 Å². The number of aryl methyl sites for hydroxylation is 1. The molecule has 1 amide bonds. The van der Waals surface area contributed by atoms with E-state index in [1.807, 2.05) is 20.8 Å². The number of aliphatic hydroxyl groups is 1. The molecule has 0 bridgehead atoms. The standard InChI is InChI=1S/C12H19NO3/c1-4-12(3,6-7-14)13-11(15)10-9(2)5-8-16-10/h5,8,14H,4,6-7H2,1-3H3,(H,13,15). The van der Waals surface area contributed by atoms with E-state index in [1.165, 1.54) is 6.26 Å². The number of aliphatic hydroxyl groups excluding tert-OH is 1. The molecule has 0 aliphatic carbocycles. The molecule has 0 aliphatic rings. The summed E-state index contributed by atoms with van der Waals surface area (Å²) >= 11 is 0. The molecule has 1 rings (SSSR count). The van der Waals surface area contributed by atoms with Crippen LogP contribution in [0.4, 0.5) is 0 Å². The average Bonchev–Trinajstić information content (AvgIpc) is 2.65. The van der Waals surface area contributed by atoms with Crippen LogP contribution in [0.25, 0.3) is 0 Å². The zero-order valence-corrected chi connectivity index (χ0v) is 10.0. The smallest absolute Gasteiger partial charge is 0.287 e. The topological polar surface area (TPSA) is 62.5 Å². The van der Waals surface area contributed by atoms with Gasteiger partial charge in [0.1, 0.15) is 0 Å². The lowest BCUT2D eigenvalue weighted by molar-refractivity contribution is 0.0856. The lowest BCUT2D eigenvalue weighted by atomic mass is 9.94. The van der Waals surface area contributed by atoms with Crippen LogP contribution in [-0.2, 0) is 0 Å². The lowest BCUT2D eigenvalue weighted by Gasteiger charge is -2.28. The number of furan rings is 1. The van der Waals surface area contributed by atoms with E-state index in [1.54, 1.807) is 6.07 Å². The molecule has 0 saturated carbocycles. The van der Waals surface area contributed by atoms with Crippen LogP contribution >= 0.6 is 0 Å². The molecule has 16 heavy (non-hydrogen) atoms. The maximum Gasteiger partial charge on any atom is 0.287 e. The van der Waals surface area contributed by atoms with Gasteiger partial charge in [0.2, 0.25) is 0 Å². The summed E-state index contributed by atoms with van der Waals surface area (Å²) < 4.78 is 5.12. The van der Waals surface area contributed by atoms with E-state index in [4.69, 9.17) is 9.52 Å². The highest BCUT2D eigenvalue weighted by Gasteiger charge is 2.25. The Morgan fingerprint density at radius 3 is 2.75 bits per heavy atom. The number of hydrogen-bond donors (Lipinski definition) is 2. The first-order chi connectivity index (χ1) is 7.52. The Kier molecular flexibility index (Phi) is 4.12. The first-order valence-corrected chi connectivity index (χ1v) is 5.50. The van der Waals surface area contributed by atoms with Gasteiger partial charge in [0.15, 0.2) is 5.76 Å². The molecule has 0 fully saturated rings. The average molecular weight is 225 g/mol. The monoisotopic (exact) mass is 225 g/mol. The maximum absolute atomic E-state index is 11.9. The molecule has 1 unspecified atom stereocenters. The van der Waals surface area contributed by atoms with Crippen LogP contribution < -0.4 is 5.32 Å². The lowest BCUT2D eigenvalue weighted by Crippen LogP contribution is -2.46. The van der Waals surface area contributed by atoms with Crippen molar-refractivity contribution in [2.75, 3.05) is 6.61 Å². The number of nitrogens with one attached hydrogen (secondary N) is 1. The minimum absolute atomic E-state index is 0.0573. The summed E-state index contributed by atoms with van der Waals surface area (Å²) in [4.78, 5) is 11.9. The van der Waals surface area contributed by atoms with Crippen molar-refractivity contribution in [3.8, 4) is 0 Å². The van der Waals surface area contributed by atoms with Crippen molar-refractivity contribution in [3.05, 3.63) is 23.7 Å². The number of carbonyl (C=O) groups excluding carboxylic acids is 1. The zero-order valence-electron chi connectivity index (χ0n) is 10.0. The van der Waals surface area contributed by atoms with Gasteiger partial charge in [0.05, 0.1) is 6.26 Å². The number of hydrogen-bond acceptors (Lipinski definition) is 3. The highest BCUT2D eigenvalue weighted by molar-refractivity contribution is 5.93. The molecule has 0 saturated heterocycles. The normalized spacial score (nSPS) is 14.5. The molecule has 1 aromatic heterocycles. The number of amides is 1. The Labute approximate surface area is 95.7 Å². The molecule has 1 heterocycles. The van der Waals surface area contributed by atoms with Crippen LogP contribution in [0.3, 0.4) is 0 Å².